The van der Waals surface area contributed by atoms with Gasteiger partial charge in [-0.3, -0.25) is 0 Å². The van der Waals surface area contributed by atoms with Crippen LogP contribution in [0.4, 0.5) is 4.79 Å². The molecule has 1 aliphatic rings. The first-order chi connectivity index (χ1) is 12.3. The molecule has 0 atom stereocenters. The SMILES string of the molecule is Cc1cc(C)c(S(=O)(=O)N(C)C2CCN(C(=O)OC(C)(C)C)CC2)c(C)c1. The number of hydrogen-bond donors (Lipinski definition) is 0. The lowest BCUT2D eigenvalue weighted by Gasteiger charge is -2.37. The number of hydrogen-bond acceptors (Lipinski definition) is 4. The molecule has 0 unspecified atom stereocenters. The number of aryl methyl sites for hydroxylation is 3. The van der Waals surface area contributed by atoms with Gasteiger partial charge in [0.1, 0.15) is 5.60 Å². The Bertz CT molecular complexity index is 781. The second kappa shape index (κ2) is 7.80. The monoisotopic (exact) mass is 396 g/mol. The Kier molecular flexibility index (Phi) is 6.26. The van der Waals surface area contributed by atoms with Crippen LogP contribution in [0, 0.1) is 20.8 Å². The normalized spacial score (nSPS) is 16.7. The summed E-state index contributed by atoms with van der Waals surface area (Å²) >= 11 is 0. The van der Waals surface area contributed by atoms with Crippen molar-refractivity contribution in [3.8, 4) is 0 Å². The highest BCUT2D eigenvalue weighted by Gasteiger charge is 2.34. The minimum Gasteiger partial charge on any atom is -0.444 e. The van der Waals surface area contributed by atoms with Crippen LogP contribution in [0.25, 0.3) is 0 Å². The van der Waals surface area contributed by atoms with Gasteiger partial charge in [0, 0.05) is 26.2 Å². The minimum absolute atomic E-state index is 0.131. The van der Waals surface area contributed by atoms with Gasteiger partial charge in [-0.15, -0.1) is 0 Å². The zero-order valence-corrected chi connectivity index (χ0v) is 18.3. The molecule has 152 valence electrons. The van der Waals surface area contributed by atoms with Crippen molar-refractivity contribution < 1.29 is 17.9 Å². The summed E-state index contributed by atoms with van der Waals surface area (Å²) in [6, 6.07) is 3.67. The molecule has 0 spiro atoms. The van der Waals surface area contributed by atoms with E-state index in [0.717, 1.165) is 16.7 Å². The molecule has 6 nitrogen and oxygen atoms in total. The summed E-state index contributed by atoms with van der Waals surface area (Å²) in [5, 5.41) is 0. The number of rotatable bonds is 3. The molecule has 0 aliphatic carbocycles. The van der Waals surface area contributed by atoms with Crippen molar-refractivity contribution in [2.24, 2.45) is 0 Å². The number of carbonyl (C=O) groups excluding carboxylic acids is 1. The number of likely N-dealkylation sites (tertiary alicyclic amines) is 1. The van der Waals surface area contributed by atoms with Crippen molar-refractivity contribution in [2.75, 3.05) is 20.1 Å². The fourth-order valence-corrected chi connectivity index (χ4v) is 5.48. The Balaban J connectivity index is 2.11. The number of amides is 1. The van der Waals surface area contributed by atoms with Crippen LogP contribution in [0.1, 0.15) is 50.3 Å². The molecular weight excluding hydrogens is 364 g/mol. The van der Waals surface area contributed by atoms with E-state index < -0.39 is 15.6 Å². The van der Waals surface area contributed by atoms with E-state index in [4.69, 9.17) is 4.74 Å². The molecule has 0 saturated carbocycles. The smallest absolute Gasteiger partial charge is 0.410 e. The second-order valence-corrected chi connectivity index (χ2v) is 10.4. The van der Waals surface area contributed by atoms with Crippen molar-refractivity contribution in [2.45, 2.75) is 70.9 Å². The molecule has 1 saturated heterocycles. The largest absolute Gasteiger partial charge is 0.444 e. The van der Waals surface area contributed by atoms with Crippen LogP contribution in [0.15, 0.2) is 17.0 Å². The van der Waals surface area contributed by atoms with Crippen molar-refractivity contribution in [1.82, 2.24) is 9.21 Å². The van der Waals surface area contributed by atoms with Gasteiger partial charge in [0.2, 0.25) is 10.0 Å². The van der Waals surface area contributed by atoms with Crippen LogP contribution >= 0.6 is 0 Å². The van der Waals surface area contributed by atoms with Gasteiger partial charge in [-0.25, -0.2) is 13.2 Å². The average molecular weight is 397 g/mol. The first kappa shape index (κ1) is 21.7. The van der Waals surface area contributed by atoms with E-state index in [9.17, 15) is 13.2 Å². The van der Waals surface area contributed by atoms with Gasteiger partial charge in [0.25, 0.3) is 0 Å². The molecule has 1 aliphatic heterocycles. The highest BCUT2D eigenvalue weighted by molar-refractivity contribution is 7.89. The molecule has 0 aromatic heterocycles. The van der Waals surface area contributed by atoms with Crippen LogP contribution in [0.3, 0.4) is 0 Å². The first-order valence-electron chi connectivity index (χ1n) is 9.37. The minimum atomic E-state index is -3.58. The molecule has 1 aromatic rings. The van der Waals surface area contributed by atoms with E-state index in [0.29, 0.717) is 30.8 Å². The molecule has 0 N–H and O–H groups in total. The summed E-state index contributed by atoms with van der Waals surface area (Å²) in [7, 11) is -1.94. The first-order valence-corrected chi connectivity index (χ1v) is 10.8. The molecule has 7 heteroatoms. The molecule has 2 rings (SSSR count). The van der Waals surface area contributed by atoms with Gasteiger partial charge in [0.05, 0.1) is 4.90 Å². The molecule has 1 heterocycles. The van der Waals surface area contributed by atoms with Gasteiger partial charge in [-0.2, -0.15) is 4.31 Å². The van der Waals surface area contributed by atoms with E-state index >= 15 is 0 Å². The van der Waals surface area contributed by atoms with Crippen LogP contribution < -0.4 is 0 Å². The third kappa shape index (κ3) is 5.02. The molecule has 0 radical (unpaired) electrons. The lowest BCUT2D eigenvalue weighted by molar-refractivity contribution is 0.0183. The van der Waals surface area contributed by atoms with Crippen LogP contribution in [-0.4, -0.2) is 55.5 Å². The summed E-state index contributed by atoms with van der Waals surface area (Å²) in [6.07, 6.45) is 0.856. The van der Waals surface area contributed by atoms with Crippen molar-refractivity contribution >= 4 is 16.1 Å². The third-order valence-corrected chi connectivity index (χ3v) is 7.09. The van der Waals surface area contributed by atoms with E-state index in [1.807, 2.05) is 53.7 Å². The lowest BCUT2D eigenvalue weighted by atomic mass is 10.1. The van der Waals surface area contributed by atoms with Gasteiger partial charge < -0.3 is 9.64 Å². The Hall–Kier alpha value is -1.60. The van der Waals surface area contributed by atoms with E-state index in [-0.39, 0.29) is 12.1 Å². The zero-order valence-electron chi connectivity index (χ0n) is 17.5. The summed E-state index contributed by atoms with van der Waals surface area (Å²) in [5.74, 6) is 0. The third-order valence-electron chi connectivity index (χ3n) is 4.87. The molecule has 1 fully saturated rings. The zero-order chi connectivity index (χ0) is 20.6. The summed E-state index contributed by atoms with van der Waals surface area (Å²) in [6.45, 7) is 12.1. The number of sulfonamides is 1. The molecule has 27 heavy (non-hydrogen) atoms. The average Bonchev–Trinajstić information content (AvgIpc) is 2.51. The van der Waals surface area contributed by atoms with Crippen molar-refractivity contribution in [1.29, 1.82) is 0 Å². The maximum Gasteiger partial charge on any atom is 0.410 e. The number of carbonyl (C=O) groups is 1. The highest BCUT2D eigenvalue weighted by Crippen LogP contribution is 2.28. The summed E-state index contributed by atoms with van der Waals surface area (Å²) in [5.41, 5.74) is 2.06. The Morgan fingerprint density at radius 1 is 1.11 bits per heavy atom. The quantitative estimate of drug-likeness (QED) is 0.782. The van der Waals surface area contributed by atoms with Crippen molar-refractivity contribution in [3.05, 3.63) is 28.8 Å². The Labute approximate surface area is 163 Å². The van der Waals surface area contributed by atoms with Gasteiger partial charge in [-0.05, 0) is 65.5 Å². The topological polar surface area (TPSA) is 66.9 Å². The maximum absolute atomic E-state index is 13.2. The number of piperidine rings is 1. The summed E-state index contributed by atoms with van der Waals surface area (Å²) in [4.78, 5) is 14.3. The second-order valence-electron chi connectivity index (χ2n) is 8.45. The van der Waals surface area contributed by atoms with Gasteiger partial charge in [-0.1, -0.05) is 17.7 Å². The van der Waals surface area contributed by atoms with E-state index in [1.54, 1.807) is 11.9 Å². The molecule has 1 amide bonds. The predicted molar refractivity (Wildman–Crippen MR) is 106 cm³/mol. The van der Waals surface area contributed by atoms with Crippen LogP contribution in [0.2, 0.25) is 0 Å². The van der Waals surface area contributed by atoms with Crippen molar-refractivity contribution in [3.63, 3.8) is 0 Å². The molecular formula is C20H32N2O4S. The van der Waals surface area contributed by atoms with E-state index in [1.165, 1.54) is 4.31 Å². The predicted octanol–water partition coefficient (Wildman–Crippen LogP) is 3.63. The number of ether oxygens (including phenoxy) is 1. The van der Waals surface area contributed by atoms with Gasteiger partial charge >= 0.3 is 6.09 Å². The van der Waals surface area contributed by atoms with Gasteiger partial charge in [0.15, 0.2) is 0 Å². The fraction of sp³-hybridized carbons (Fsp3) is 0.650. The lowest BCUT2D eigenvalue weighted by Crippen LogP contribution is -2.48. The molecule has 0 bridgehead atoms. The highest BCUT2D eigenvalue weighted by atomic mass is 32.2. The number of nitrogens with zero attached hydrogens (tertiary/aromatic N) is 2. The maximum atomic E-state index is 13.2. The standard InChI is InChI=1S/C20H32N2O4S/c1-14-12-15(2)18(16(3)13-14)27(24,25)21(7)17-8-10-22(11-9-17)19(23)26-20(4,5)6/h12-13,17H,8-11H2,1-7H3. The Morgan fingerprint density at radius 3 is 2.04 bits per heavy atom. The molecule has 1 aromatic carbocycles. The van der Waals surface area contributed by atoms with Crippen LogP contribution in [-0.2, 0) is 14.8 Å². The van der Waals surface area contributed by atoms with Crippen LogP contribution in [0.5, 0.6) is 0 Å². The summed E-state index contributed by atoms with van der Waals surface area (Å²) < 4.78 is 33.3. The Morgan fingerprint density at radius 2 is 1.59 bits per heavy atom. The number of benzene rings is 1. The fourth-order valence-electron chi connectivity index (χ4n) is 3.65. The van der Waals surface area contributed by atoms with E-state index in [2.05, 4.69) is 0 Å².